The van der Waals surface area contributed by atoms with Crippen molar-refractivity contribution in [3.8, 4) is 0 Å². The monoisotopic (exact) mass is 241 g/mol. The molecule has 0 aromatic carbocycles. The van der Waals surface area contributed by atoms with Gasteiger partial charge in [0, 0.05) is 0 Å². The van der Waals surface area contributed by atoms with Crippen LogP contribution in [-0.4, -0.2) is 16.1 Å². The molecule has 1 aromatic heterocycles. The molecule has 7 heteroatoms. The second kappa shape index (κ2) is 3.67. The fourth-order valence-electron chi connectivity index (χ4n) is 0.762. The minimum absolute atomic E-state index is 0.0834. The van der Waals surface area contributed by atoms with Crippen molar-refractivity contribution in [3.63, 3.8) is 0 Å². The van der Waals surface area contributed by atoms with Crippen molar-refractivity contribution in [2.75, 3.05) is 0 Å². The summed E-state index contributed by atoms with van der Waals surface area (Å²) in [6.07, 6.45) is 0. The largest absolute Gasteiger partial charge is 0.477 e. The molecular formula is C7H3Cl2F2NO2. The van der Waals surface area contributed by atoms with E-state index in [-0.39, 0.29) is 5.15 Å². The van der Waals surface area contributed by atoms with Crippen LogP contribution in [0.1, 0.15) is 5.56 Å². The van der Waals surface area contributed by atoms with Crippen LogP contribution in [0.3, 0.4) is 0 Å². The van der Waals surface area contributed by atoms with Crippen molar-refractivity contribution in [3.05, 3.63) is 28.0 Å². The van der Waals surface area contributed by atoms with Crippen LogP contribution in [-0.2, 0) is 10.7 Å². The van der Waals surface area contributed by atoms with E-state index >= 15 is 0 Å². The molecule has 0 fully saturated rings. The molecule has 3 nitrogen and oxygen atoms in total. The number of pyridine rings is 1. The molecule has 14 heavy (non-hydrogen) atoms. The van der Waals surface area contributed by atoms with Crippen molar-refractivity contribution in [1.29, 1.82) is 0 Å². The van der Waals surface area contributed by atoms with Crippen molar-refractivity contribution in [1.82, 2.24) is 4.98 Å². The van der Waals surface area contributed by atoms with Gasteiger partial charge in [0.1, 0.15) is 10.3 Å². The van der Waals surface area contributed by atoms with Crippen LogP contribution in [0.4, 0.5) is 8.78 Å². The highest BCUT2D eigenvalue weighted by atomic mass is 35.5. The number of carbonyl (C=O) groups is 1. The Morgan fingerprint density at radius 2 is 2.00 bits per heavy atom. The van der Waals surface area contributed by atoms with Crippen molar-refractivity contribution in [2.45, 2.75) is 5.92 Å². The Bertz CT molecular complexity index is 384. The van der Waals surface area contributed by atoms with Crippen LogP contribution >= 0.6 is 23.2 Å². The maximum absolute atomic E-state index is 12.9. The van der Waals surface area contributed by atoms with Crippen molar-refractivity contribution >= 4 is 29.2 Å². The molecule has 0 aliphatic carbocycles. The molecule has 0 atom stereocenters. The standard InChI is InChI=1S/C7H3Cl2F2NO2/c8-4-2-1-3(5(9)12-4)7(10,11)6(13)14/h1-2H,(H,13,14). The maximum atomic E-state index is 12.9. The fourth-order valence-corrected chi connectivity index (χ4v) is 1.23. The molecule has 0 aliphatic rings. The Kier molecular flexibility index (Phi) is 2.92. The number of aromatic nitrogens is 1. The molecule has 0 spiro atoms. The van der Waals surface area contributed by atoms with Crippen molar-refractivity contribution in [2.24, 2.45) is 0 Å². The summed E-state index contributed by atoms with van der Waals surface area (Å²) in [4.78, 5) is 13.5. The van der Waals surface area contributed by atoms with Crippen molar-refractivity contribution < 1.29 is 18.7 Å². The van der Waals surface area contributed by atoms with Gasteiger partial charge in [0.25, 0.3) is 0 Å². The van der Waals surface area contributed by atoms with Crippen LogP contribution in [0.5, 0.6) is 0 Å². The molecule has 1 N–H and O–H groups in total. The van der Waals surface area contributed by atoms with E-state index in [0.717, 1.165) is 12.1 Å². The molecule has 0 saturated carbocycles. The van der Waals surface area contributed by atoms with Gasteiger partial charge in [-0.2, -0.15) is 8.78 Å². The minimum atomic E-state index is -4.06. The highest BCUT2D eigenvalue weighted by Crippen LogP contribution is 2.33. The Morgan fingerprint density at radius 1 is 1.43 bits per heavy atom. The van der Waals surface area contributed by atoms with Crippen LogP contribution in [0, 0.1) is 0 Å². The first-order valence-corrected chi connectivity index (χ1v) is 4.05. The van der Waals surface area contributed by atoms with E-state index in [1.807, 2.05) is 0 Å². The third-order valence-electron chi connectivity index (χ3n) is 1.42. The first kappa shape index (κ1) is 11.1. The highest BCUT2D eigenvalue weighted by molar-refractivity contribution is 6.33. The number of alkyl halides is 2. The molecule has 1 heterocycles. The van der Waals surface area contributed by atoms with E-state index in [1.165, 1.54) is 0 Å². The number of rotatable bonds is 2. The molecule has 1 aromatic rings. The Balaban J connectivity index is 3.26. The van der Waals surface area contributed by atoms with E-state index in [0.29, 0.717) is 0 Å². The summed E-state index contributed by atoms with van der Waals surface area (Å²) in [6.45, 7) is 0. The van der Waals surface area contributed by atoms with Gasteiger partial charge in [-0.1, -0.05) is 23.2 Å². The quantitative estimate of drug-likeness (QED) is 0.810. The van der Waals surface area contributed by atoms with Gasteiger partial charge in [-0.3, -0.25) is 0 Å². The Labute approximate surface area is 87.3 Å². The van der Waals surface area contributed by atoms with Gasteiger partial charge in [0.05, 0.1) is 5.56 Å². The lowest BCUT2D eigenvalue weighted by Crippen LogP contribution is -2.25. The summed E-state index contributed by atoms with van der Waals surface area (Å²) in [5.74, 6) is -6.35. The van der Waals surface area contributed by atoms with Crippen LogP contribution in [0.15, 0.2) is 12.1 Å². The summed E-state index contributed by atoms with van der Waals surface area (Å²) in [5, 5.41) is 7.52. The molecule has 76 valence electrons. The van der Waals surface area contributed by atoms with E-state index in [1.54, 1.807) is 0 Å². The second-order valence-electron chi connectivity index (χ2n) is 2.35. The Morgan fingerprint density at radius 3 is 2.43 bits per heavy atom. The van der Waals surface area contributed by atoms with Crippen LogP contribution in [0.2, 0.25) is 10.3 Å². The van der Waals surface area contributed by atoms with E-state index in [2.05, 4.69) is 4.98 Å². The summed E-state index contributed by atoms with van der Waals surface area (Å²) in [5.41, 5.74) is -0.879. The first-order chi connectivity index (χ1) is 6.35. The van der Waals surface area contributed by atoms with Gasteiger partial charge in [-0.05, 0) is 12.1 Å². The third-order valence-corrected chi connectivity index (χ3v) is 1.92. The number of aliphatic carboxylic acids is 1. The molecule has 0 unspecified atom stereocenters. The normalized spacial score (nSPS) is 11.4. The lowest BCUT2D eigenvalue weighted by atomic mass is 10.1. The van der Waals surface area contributed by atoms with E-state index in [4.69, 9.17) is 28.3 Å². The molecule has 0 bridgehead atoms. The average Bonchev–Trinajstić information content (AvgIpc) is 2.02. The fraction of sp³-hybridized carbons (Fsp3) is 0.143. The topological polar surface area (TPSA) is 50.2 Å². The SMILES string of the molecule is O=C(O)C(F)(F)c1ccc(Cl)nc1Cl. The summed E-state index contributed by atoms with van der Waals surface area (Å²) < 4.78 is 25.8. The van der Waals surface area contributed by atoms with Gasteiger partial charge in [0.2, 0.25) is 0 Å². The van der Waals surface area contributed by atoms with Crippen LogP contribution < -0.4 is 0 Å². The lowest BCUT2D eigenvalue weighted by molar-refractivity contribution is -0.166. The van der Waals surface area contributed by atoms with Gasteiger partial charge in [-0.25, -0.2) is 9.78 Å². The summed E-state index contributed by atoms with van der Waals surface area (Å²) in [6, 6.07) is 1.87. The van der Waals surface area contributed by atoms with E-state index in [9.17, 15) is 13.6 Å². The molecular weight excluding hydrogens is 239 g/mol. The zero-order valence-corrected chi connectivity index (χ0v) is 7.98. The minimum Gasteiger partial charge on any atom is -0.477 e. The van der Waals surface area contributed by atoms with Crippen LogP contribution in [0.25, 0.3) is 0 Å². The summed E-state index contributed by atoms with van der Waals surface area (Å²) in [7, 11) is 0. The van der Waals surface area contributed by atoms with Gasteiger partial charge >= 0.3 is 11.9 Å². The smallest absolute Gasteiger partial charge is 0.379 e. The number of halogens is 4. The zero-order valence-electron chi connectivity index (χ0n) is 6.47. The molecule has 0 amide bonds. The first-order valence-electron chi connectivity index (χ1n) is 3.29. The predicted molar refractivity (Wildman–Crippen MR) is 45.8 cm³/mol. The van der Waals surface area contributed by atoms with Gasteiger partial charge in [-0.15, -0.1) is 0 Å². The lowest BCUT2D eigenvalue weighted by Gasteiger charge is -2.11. The highest BCUT2D eigenvalue weighted by Gasteiger charge is 2.43. The number of hydrogen-bond donors (Lipinski definition) is 1. The number of nitrogens with zero attached hydrogens (tertiary/aromatic N) is 1. The van der Waals surface area contributed by atoms with Gasteiger partial charge < -0.3 is 5.11 Å². The second-order valence-corrected chi connectivity index (χ2v) is 3.10. The van der Waals surface area contributed by atoms with E-state index < -0.39 is 22.6 Å². The maximum Gasteiger partial charge on any atom is 0.379 e. The predicted octanol–water partition coefficient (Wildman–Crippen LogP) is 2.56. The number of carboxylic acids is 1. The third kappa shape index (κ3) is 1.93. The number of hydrogen-bond acceptors (Lipinski definition) is 2. The molecule has 1 rings (SSSR count). The molecule has 0 saturated heterocycles. The van der Waals surface area contributed by atoms with Gasteiger partial charge in [0.15, 0.2) is 0 Å². The number of carboxylic acid groups (broad SMARTS) is 1. The zero-order chi connectivity index (χ0) is 10.9. The average molecular weight is 242 g/mol. The summed E-state index contributed by atoms with van der Waals surface area (Å²) >= 11 is 10.7. The Hall–Kier alpha value is -0.940. The molecule has 0 aliphatic heterocycles. The molecule has 0 radical (unpaired) electrons.